The summed E-state index contributed by atoms with van der Waals surface area (Å²) >= 11 is 7.68. The maximum Gasteiger partial charge on any atom is 0.165 e. The second-order valence-electron chi connectivity index (χ2n) is 4.35. The van der Waals surface area contributed by atoms with Crippen LogP contribution in [0.1, 0.15) is 10.4 Å². The van der Waals surface area contributed by atoms with Crippen molar-refractivity contribution in [2.45, 2.75) is 13.8 Å². The number of benzene rings is 1. The van der Waals surface area contributed by atoms with Gasteiger partial charge in [-0.25, -0.2) is 14.4 Å². The molecule has 1 aromatic carbocycles. The SMILES string of the molecule is Cc1cc2c(Cl)nc(-c3cccc(C)c3F)nc2s1. The van der Waals surface area contributed by atoms with Crippen LogP contribution in [-0.4, -0.2) is 9.97 Å². The van der Waals surface area contributed by atoms with Crippen molar-refractivity contribution in [3.05, 3.63) is 45.7 Å². The summed E-state index contributed by atoms with van der Waals surface area (Å²) in [7, 11) is 0. The van der Waals surface area contributed by atoms with E-state index < -0.39 is 0 Å². The monoisotopic (exact) mass is 292 g/mol. The van der Waals surface area contributed by atoms with E-state index in [1.54, 1.807) is 25.1 Å². The molecule has 0 aliphatic heterocycles. The van der Waals surface area contributed by atoms with Gasteiger partial charge in [-0.1, -0.05) is 23.7 Å². The third kappa shape index (κ3) is 2.11. The van der Waals surface area contributed by atoms with Gasteiger partial charge in [0.05, 0.1) is 5.56 Å². The van der Waals surface area contributed by atoms with Gasteiger partial charge in [0, 0.05) is 10.3 Å². The molecule has 2 nitrogen and oxygen atoms in total. The van der Waals surface area contributed by atoms with Crippen molar-refractivity contribution in [3.8, 4) is 11.4 Å². The number of hydrogen-bond donors (Lipinski definition) is 0. The average Bonchev–Trinajstić information content (AvgIpc) is 2.74. The van der Waals surface area contributed by atoms with Gasteiger partial charge < -0.3 is 0 Å². The van der Waals surface area contributed by atoms with Crippen LogP contribution < -0.4 is 0 Å². The normalized spacial score (nSPS) is 11.2. The van der Waals surface area contributed by atoms with Crippen molar-refractivity contribution in [1.29, 1.82) is 0 Å². The molecule has 0 saturated heterocycles. The van der Waals surface area contributed by atoms with Crippen molar-refractivity contribution in [1.82, 2.24) is 9.97 Å². The molecule has 0 fully saturated rings. The summed E-state index contributed by atoms with van der Waals surface area (Å²) in [6.45, 7) is 3.70. The minimum absolute atomic E-state index is 0.300. The fraction of sp³-hybridized carbons (Fsp3) is 0.143. The van der Waals surface area contributed by atoms with Crippen LogP contribution in [-0.2, 0) is 0 Å². The van der Waals surface area contributed by atoms with Gasteiger partial charge in [0.1, 0.15) is 15.8 Å². The summed E-state index contributed by atoms with van der Waals surface area (Å²) < 4.78 is 14.1. The van der Waals surface area contributed by atoms with Gasteiger partial charge in [-0.2, -0.15) is 0 Å². The quantitative estimate of drug-likeness (QED) is 0.604. The molecule has 0 saturated carbocycles. The van der Waals surface area contributed by atoms with Crippen molar-refractivity contribution in [2.75, 3.05) is 0 Å². The molecule has 0 radical (unpaired) electrons. The van der Waals surface area contributed by atoms with Crippen molar-refractivity contribution < 1.29 is 4.39 Å². The number of fused-ring (bicyclic) bond motifs is 1. The minimum atomic E-state index is -0.300. The number of rotatable bonds is 1. The van der Waals surface area contributed by atoms with Crippen LogP contribution in [0, 0.1) is 19.7 Å². The lowest BCUT2D eigenvalue weighted by Gasteiger charge is -2.05. The number of thiophene rings is 1. The number of nitrogens with zero attached hydrogens (tertiary/aromatic N) is 2. The van der Waals surface area contributed by atoms with E-state index in [2.05, 4.69) is 9.97 Å². The van der Waals surface area contributed by atoms with Crippen molar-refractivity contribution in [3.63, 3.8) is 0 Å². The summed E-state index contributed by atoms with van der Waals surface area (Å²) in [5.74, 6) is 0.0340. The highest BCUT2D eigenvalue weighted by atomic mass is 35.5. The predicted molar refractivity (Wildman–Crippen MR) is 77.3 cm³/mol. The highest BCUT2D eigenvalue weighted by molar-refractivity contribution is 7.18. The minimum Gasteiger partial charge on any atom is -0.217 e. The lowest BCUT2D eigenvalue weighted by molar-refractivity contribution is 0.621. The molecule has 0 amide bonds. The Kier molecular flexibility index (Phi) is 2.99. The van der Waals surface area contributed by atoms with Crippen LogP contribution in [0.25, 0.3) is 21.6 Å². The zero-order valence-electron chi connectivity index (χ0n) is 10.4. The fourth-order valence-corrected chi connectivity index (χ4v) is 3.11. The Morgan fingerprint density at radius 3 is 2.79 bits per heavy atom. The Labute approximate surface area is 118 Å². The second kappa shape index (κ2) is 4.54. The molecular weight excluding hydrogens is 283 g/mol. The third-order valence-electron chi connectivity index (χ3n) is 2.90. The van der Waals surface area contributed by atoms with Gasteiger partial charge in [0.25, 0.3) is 0 Å². The van der Waals surface area contributed by atoms with E-state index >= 15 is 0 Å². The van der Waals surface area contributed by atoms with Crippen molar-refractivity contribution >= 4 is 33.2 Å². The molecule has 96 valence electrons. The average molecular weight is 293 g/mol. The smallest absolute Gasteiger partial charge is 0.165 e. The van der Waals surface area contributed by atoms with Gasteiger partial charge in [0.2, 0.25) is 0 Å². The molecule has 0 aliphatic carbocycles. The molecule has 0 aliphatic rings. The zero-order chi connectivity index (χ0) is 13.6. The molecule has 5 heteroatoms. The number of aryl methyl sites for hydroxylation is 2. The molecule has 3 rings (SSSR count). The maximum absolute atomic E-state index is 14.1. The summed E-state index contributed by atoms with van der Waals surface area (Å²) in [6.07, 6.45) is 0. The first-order valence-corrected chi connectivity index (χ1v) is 6.95. The Morgan fingerprint density at radius 2 is 2.00 bits per heavy atom. The van der Waals surface area contributed by atoms with E-state index in [1.165, 1.54) is 11.3 Å². The first-order valence-electron chi connectivity index (χ1n) is 5.75. The summed E-state index contributed by atoms with van der Waals surface area (Å²) in [4.78, 5) is 10.5. The van der Waals surface area contributed by atoms with Crippen LogP contribution in [0.3, 0.4) is 0 Å². The molecular formula is C14H10ClFN2S. The van der Waals surface area contributed by atoms with E-state index in [0.29, 0.717) is 22.1 Å². The lowest BCUT2D eigenvalue weighted by Crippen LogP contribution is -1.94. The van der Waals surface area contributed by atoms with Gasteiger partial charge >= 0.3 is 0 Å². The first-order chi connectivity index (χ1) is 9.06. The number of hydrogen-bond acceptors (Lipinski definition) is 3. The maximum atomic E-state index is 14.1. The third-order valence-corrected chi connectivity index (χ3v) is 4.13. The Morgan fingerprint density at radius 1 is 1.21 bits per heavy atom. The Hall–Kier alpha value is -1.52. The van der Waals surface area contributed by atoms with E-state index in [-0.39, 0.29) is 5.82 Å². The molecule has 0 atom stereocenters. The van der Waals surface area contributed by atoms with E-state index in [1.807, 2.05) is 13.0 Å². The molecule has 0 bridgehead atoms. The number of halogens is 2. The van der Waals surface area contributed by atoms with E-state index in [4.69, 9.17) is 11.6 Å². The molecule has 19 heavy (non-hydrogen) atoms. The molecule has 0 N–H and O–H groups in total. The van der Waals surface area contributed by atoms with Gasteiger partial charge in [-0.3, -0.25) is 0 Å². The zero-order valence-corrected chi connectivity index (χ0v) is 11.9. The Bertz CT molecular complexity index is 782. The van der Waals surface area contributed by atoms with Crippen LogP contribution in [0.15, 0.2) is 24.3 Å². The standard InChI is InChI=1S/C14H10ClFN2S/c1-7-4-3-5-9(11(7)16)13-17-12(15)10-6-8(2)19-14(10)18-13/h3-6H,1-2H3. The van der Waals surface area contributed by atoms with Gasteiger partial charge in [0.15, 0.2) is 5.82 Å². The highest BCUT2D eigenvalue weighted by Crippen LogP contribution is 2.31. The predicted octanol–water partition coefficient (Wildman–Crippen LogP) is 4.77. The highest BCUT2D eigenvalue weighted by Gasteiger charge is 2.14. The number of aromatic nitrogens is 2. The van der Waals surface area contributed by atoms with Crippen LogP contribution in [0.2, 0.25) is 5.15 Å². The van der Waals surface area contributed by atoms with Gasteiger partial charge in [-0.15, -0.1) is 11.3 Å². The van der Waals surface area contributed by atoms with Gasteiger partial charge in [-0.05, 0) is 31.5 Å². The summed E-state index contributed by atoms with van der Waals surface area (Å²) in [6, 6.07) is 7.11. The molecule has 2 heterocycles. The fourth-order valence-electron chi connectivity index (χ4n) is 1.95. The van der Waals surface area contributed by atoms with E-state index in [9.17, 15) is 4.39 Å². The summed E-state index contributed by atoms with van der Waals surface area (Å²) in [5, 5.41) is 1.19. The first kappa shape index (κ1) is 12.5. The second-order valence-corrected chi connectivity index (χ2v) is 5.94. The van der Waals surface area contributed by atoms with Crippen LogP contribution in [0.4, 0.5) is 4.39 Å². The molecule has 2 aromatic heterocycles. The largest absolute Gasteiger partial charge is 0.217 e. The van der Waals surface area contributed by atoms with Crippen molar-refractivity contribution in [2.24, 2.45) is 0 Å². The topological polar surface area (TPSA) is 25.8 Å². The van der Waals surface area contributed by atoms with E-state index in [0.717, 1.165) is 15.1 Å². The summed E-state index contributed by atoms with van der Waals surface area (Å²) in [5.41, 5.74) is 0.953. The Balaban J connectivity index is 2.28. The molecule has 3 aromatic rings. The molecule has 0 unspecified atom stereocenters. The van der Waals surface area contributed by atoms with Crippen LogP contribution >= 0.6 is 22.9 Å². The molecule has 0 spiro atoms. The van der Waals surface area contributed by atoms with Crippen LogP contribution in [0.5, 0.6) is 0 Å². The lowest BCUT2D eigenvalue weighted by atomic mass is 10.1.